The molecule has 1 atom stereocenters. The molecule has 0 saturated heterocycles. The summed E-state index contributed by atoms with van der Waals surface area (Å²) in [6, 6.07) is 6.44. The van der Waals surface area contributed by atoms with Crippen LogP contribution < -0.4 is 5.30 Å². The molecule has 1 fully saturated rings. The zero-order valence-corrected chi connectivity index (χ0v) is 10.3. The fourth-order valence-corrected chi connectivity index (χ4v) is 3.95. The van der Waals surface area contributed by atoms with Crippen LogP contribution in [0, 0.1) is 11.7 Å². The molecule has 0 N–H and O–H groups in total. The highest BCUT2D eigenvalue weighted by atomic mass is 31.1. The van der Waals surface area contributed by atoms with E-state index in [0.29, 0.717) is 17.4 Å². The van der Waals surface area contributed by atoms with Gasteiger partial charge in [0.1, 0.15) is 0 Å². The number of hydrogen-bond acceptors (Lipinski definition) is 1. The lowest BCUT2D eigenvalue weighted by molar-refractivity contribution is 0.387. The van der Waals surface area contributed by atoms with E-state index in [1.165, 1.54) is 25.3 Å². The van der Waals surface area contributed by atoms with Crippen molar-refractivity contribution in [3.63, 3.8) is 0 Å². The van der Waals surface area contributed by atoms with Gasteiger partial charge in [-0.05, 0) is 25.0 Å². The lowest BCUT2D eigenvalue weighted by Crippen LogP contribution is -2.12. The van der Waals surface area contributed by atoms with Crippen LogP contribution in [-0.4, -0.2) is 6.16 Å². The third-order valence-corrected chi connectivity index (χ3v) is 5.02. The number of hydrogen-bond donors (Lipinski definition) is 0. The van der Waals surface area contributed by atoms with E-state index in [1.54, 1.807) is 18.2 Å². The van der Waals surface area contributed by atoms with Crippen LogP contribution in [-0.2, 0) is 4.57 Å². The SMILES string of the molecule is O=[P+](CC1CCCCC1)c1ccccc1F. The van der Waals surface area contributed by atoms with E-state index in [2.05, 4.69) is 0 Å². The van der Waals surface area contributed by atoms with Crippen LogP contribution in [0.5, 0.6) is 0 Å². The second-order valence-corrected chi connectivity index (χ2v) is 6.12. The normalized spacial score (nSPS) is 18.4. The predicted octanol–water partition coefficient (Wildman–Crippen LogP) is 3.86. The van der Waals surface area contributed by atoms with Crippen LogP contribution in [0.15, 0.2) is 24.3 Å². The van der Waals surface area contributed by atoms with Crippen LogP contribution in [0.3, 0.4) is 0 Å². The molecule has 0 amide bonds. The predicted molar refractivity (Wildman–Crippen MR) is 65.1 cm³/mol. The Morgan fingerprint density at radius 3 is 2.56 bits per heavy atom. The van der Waals surface area contributed by atoms with Crippen LogP contribution in [0.25, 0.3) is 0 Å². The van der Waals surface area contributed by atoms with Gasteiger partial charge in [0.15, 0.2) is 12.0 Å². The zero-order valence-electron chi connectivity index (χ0n) is 9.36. The second-order valence-electron chi connectivity index (χ2n) is 4.52. The van der Waals surface area contributed by atoms with Gasteiger partial charge in [-0.25, -0.2) is 4.39 Å². The fourth-order valence-electron chi connectivity index (χ4n) is 2.36. The monoisotopic (exact) mass is 239 g/mol. The van der Waals surface area contributed by atoms with Gasteiger partial charge in [-0.1, -0.05) is 36.0 Å². The van der Waals surface area contributed by atoms with Gasteiger partial charge in [0.05, 0.1) is 0 Å². The second kappa shape index (κ2) is 5.54. The molecule has 86 valence electrons. The Labute approximate surface area is 96.9 Å². The first-order valence-electron chi connectivity index (χ1n) is 5.96. The van der Waals surface area contributed by atoms with Gasteiger partial charge in [0.2, 0.25) is 5.30 Å². The van der Waals surface area contributed by atoms with Gasteiger partial charge in [-0.3, -0.25) is 0 Å². The first-order chi connectivity index (χ1) is 7.77. The highest BCUT2D eigenvalue weighted by molar-refractivity contribution is 7.53. The molecular weight excluding hydrogens is 222 g/mol. The molecule has 1 aromatic rings. The van der Waals surface area contributed by atoms with Crippen molar-refractivity contribution < 1.29 is 8.96 Å². The molecule has 0 aliphatic heterocycles. The smallest absolute Gasteiger partial charge is 0.202 e. The Hall–Kier alpha value is -0.750. The van der Waals surface area contributed by atoms with Crippen molar-refractivity contribution in [2.45, 2.75) is 32.1 Å². The van der Waals surface area contributed by atoms with Crippen molar-refractivity contribution in [2.24, 2.45) is 5.92 Å². The van der Waals surface area contributed by atoms with Crippen molar-refractivity contribution in [2.75, 3.05) is 6.16 Å². The van der Waals surface area contributed by atoms with E-state index in [0.717, 1.165) is 12.8 Å². The maximum atomic E-state index is 13.4. The molecule has 3 heteroatoms. The largest absolute Gasteiger partial charge is 0.380 e. The van der Waals surface area contributed by atoms with Crippen molar-refractivity contribution in [3.8, 4) is 0 Å². The number of halogens is 1. The minimum atomic E-state index is -1.54. The van der Waals surface area contributed by atoms with Crippen LogP contribution in [0.4, 0.5) is 4.39 Å². The standard InChI is InChI=1S/C13H17FOP/c14-12-8-4-5-9-13(12)16(15)10-11-6-2-1-3-7-11/h4-5,8-9,11H,1-3,6-7,10H2/q+1. The average molecular weight is 239 g/mol. The Morgan fingerprint density at radius 1 is 1.19 bits per heavy atom. The first kappa shape index (κ1) is 11.7. The lowest BCUT2D eigenvalue weighted by Gasteiger charge is -2.16. The first-order valence-corrected chi connectivity index (χ1v) is 7.41. The molecule has 0 bridgehead atoms. The molecular formula is C13H17FOP+. The lowest BCUT2D eigenvalue weighted by atomic mass is 9.91. The molecule has 0 spiro atoms. The third kappa shape index (κ3) is 2.89. The van der Waals surface area contributed by atoms with Gasteiger partial charge in [-0.2, -0.15) is 0 Å². The summed E-state index contributed by atoms with van der Waals surface area (Å²) in [5.74, 6) is 0.219. The van der Waals surface area contributed by atoms with E-state index < -0.39 is 7.80 Å². The van der Waals surface area contributed by atoms with Crippen molar-refractivity contribution >= 4 is 13.1 Å². The van der Waals surface area contributed by atoms with Gasteiger partial charge in [-0.15, -0.1) is 0 Å². The summed E-state index contributed by atoms with van der Waals surface area (Å²) in [4.78, 5) is 0. The number of rotatable bonds is 3. The van der Waals surface area contributed by atoms with E-state index in [9.17, 15) is 8.96 Å². The van der Waals surface area contributed by atoms with E-state index in [4.69, 9.17) is 0 Å². The summed E-state index contributed by atoms with van der Waals surface area (Å²) >= 11 is 0. The van der Waals surface area contributed by atoms with Crippen LogP contribution >= 0.6 is 7.80 Å². The Kier molecular flexibility index (Phi) is 4.06. The summed E-state index contributed by atoms with van der Waals surface area (Å²) in [5, 5.41) is 0.406. The Morgan fingerprint density at radius 2 is 1.88 bits per heavy atom. The van der Waals surface area contributed by atoms with Crippen molar-refractivity contribution in [3.05, 3.63) is 30.1 Å². The van der Waals surface area contributed by atoms with Gasteiger partial charge >= 0.3 is 7.80 Å². The van der Waals surface area contributed by atoms with Crippen LogP contribution in [0.1, 0.15) is 32.1 Å². The highest BCUT2D eigenvalue weighted by Crippen LogP contribution is 2.32. The molecule has 1 unspecified atom stereocenters. The molecule has 1 nitrogen and oxygen atoms in total. The zero-order chi connectivity index (χ0) is 11.4. The topological polar surface area (TPSA) is 17.1 Å². The Bertz CT molecular complexity index is 372. The quantitative estimate of drug-likeness (QED) is 0.732. The molecule has 0 radical (unpaired) electrons. The molecule has 1 saturated carbocycles. The maximum Gasteiger partial charge on any atom is 0.380 e. The van der Waals surface area contributed by atoms with Crippen LogP contribution in [0.2, 0.25) is 0 Å². The van der Waals surface area contributed by atoms with E-state index in [-0.39, 0.29) is 5.82 Å². The average Bonchev–Trinajstić information content (AvgIpc) is 2.31. The van der Waals surface area contributed by atoms with Crippen molar-refractivity contribution in [1.29, 1.82) is 0 Å². The minimum absolute atomic E-state index is 0.320. The molecule has 1 aliphatic rings. The summed E-state index contributed by atoms with van der Waals surface area (Å²) in [5.41, 5.74) is 0. The summed E-state index contributed by atoms with van der Waals surface area (Å²) < 4.78 is 25.5. The summed E-state index contributed by atoms with van der Waals surface area (Å²) in [6.07, 6.45) is 6.77. The van der Waals surface area contributed by atoms with Gasteiger partial charge in [0, 0.05) is 5.92 Å². The minimum Gasteiger partial charge on any atom is -0.202 e. The Balaban J connectivity index is 2.00. The van der Waals surface area contributed by atoms with Crippen molar-refractivity contribution in [1.82, 2.24) is 0 Å². The molecule has 0 heterocycles. The summed E-state index contributed by atoms with van der Waals surface area (Å²) in [7, 11) is -1.54. The molecule has 16 heavy (non-hydrogen) atoms. The van der Waals surface area contributed by atoms with Gasteiger partial charge < -0.3 is 0 Å². The molecule has 1 aliphatic carbocycles. The molecule has 0 aromatic heterocycles. The van der Waals surface area contributed by atoms with E-state index >= 15 is 0 Å². The molecule has 1 aromatic carbocycles. The molecule has 2 rings (SSSR count). The third-order valence-electron chi connectivity index (χ3n) is 3.27. The maximum absolute atomic E-state index is 13.4. The highest BCUT2D eigenvalue weighted by Gasteiger charge is 2.29. The fraction of sp³-hybridized carbons (Fsp3) is 0.538. The van der Waals surface area contributed by atoms with E-state index in [1.807, 2.05) is 0 Å². The number of benzene rings is 1. The van der Waals surface area contributed by atoms with Gasteiger partial charge in [0.25, 0.3) is 0 Å². The summed E-state index contributed by atoms with van der Waals surface area (Å²) in [6.45, 7) is 0.